The second kappa shape index (κ2) is 7.85. The van der Waals surface area contributed by atoms with E-state index in [4.69, 9.17) is 9.26 Å². The van der Waals surface area contributed by atoms with E-state index in [-0.39, 0.29) is 18.3 Å². The molecule has 1 aromatic heterocycles. The minimum atomic E-state index is -0.563. The lowest BCUT2D eigenvalue weighted by molar-refractivity contribution is -0.139. The van der Waals surface area contributed by atoms with E-state index in [1.165, 1.54) is 24.3 Å². The monoisotopic (exact) mass is 402 g/mol. The standard InChI is InChI=1S/C18H12BrFN2O3/c19-14-3-1-2-13(10-14)18-21-16(25-22-18)11-24-17(23)9-6-12-4-7-15(20)8-5-12/h1-10H,11H2/b9-6+. The molecule has 0 atom stereocenters. The Balaban J connectivity index is 1.56. The van der Waals surface area contributed by atoms with Gasteiger partial charge in [0.05, 0.1) is 0 Å². The largest absolute Gasteiger partial charge is 0.452 e. The van der Waals surface area contributed by atoms with Crippen molar-refractivity contribution in [3.8, 4) is 11.4 Å². The number of aromatic nitrogens is 2. The first-order valence-electron chi connectivity index (χ1n) is 7.29. The maximum Gasteiger partial charge on any atom is 0.331 e. The van der Waals surface area contributed by atoms with Crippen LogP contribution in [0.25, 0.3) is 17.5 Å². The molecular formula is C18H12BrFN2O3. The van der Waals surface area contributed by atoms with Crippen LogP contribution in [0.15, 0.2) is 63.6 Å². The summed E-state index contributed by atoms with van der Waals surface area (Å²) in [6.45, 7) is -0.131. The van der Waals surface area contributed by atoms with E-state index in [1.807, 2.05) is 24.3 Å². The molecule has 0 saturated carbocycles. The average molecular weight is 403 g/mol. The van der Waals surface area contributed by atoms with Crippen molar-refractivity contribution < 1.29 is 18.4 Å². The highest BCUT2D eigenvalue weighted by Crippen LogP contribution is 2.20. The molecule has 0 fully saturated rings. The van der Waals surface area contributed by atoms with E-state index in [2.05, 4.69) is 26.1 Å². The van der Waals surface area contributed by atoms with E-state index >= 15 is 0 Å². The Bertz CT molecular complexity index is 907. The lowest BCUT2D eigenvalue weighted by Crippen LogP contribution is -2.00. The number of ether oxygens (including phenoxy) is 1. The van der Waals surface area contributed by atoms with Crippen LogP contribution in [0.3, 0.4) is 0 Å². The molecule has 3 aromatic rings. The summed E-state index contributed by atoms with van der Waals surface area (Å²) < 4.78 is 23.8. The lowest BCUT2D eigenvalue weighted by Gasteiger charge is -1.97. The zero-order valence-corrected chi connectivity index (χ0v) is 14.4. The van der Waals surface area contributed by atoms with Gasteiger partial charge in [0.2, 0.25) is 5.82 Å². The maximum absolute atomic E-state index is 12.8. The fourth-order valence-corrected chi connectivity index (χ4v) is 2.38. The van der Waals surface area contributed by atoms with Gasteiger partial charge in [-0.25, -0.2) is 9.18 Å². The van der Waals surface area contributed by atoms with Gasteiger partial charge in [-0.1, -0.05) is 45.4 Å². The Morgan fingerprint density at radius 1 is 1.24 bits per heavy atom. The van der Waals surface area contributed by atoms with Gasteiger partial charge in [0.1, 0.15) is 5.82 Å². The SMILES string of the molecule is O=C(/C=C/c1ccc(F)cc1)OCc1nc(-c2cccc(Br)c2)no1. The highest BCUT2D eigenvalue weighted by molar-refractivity contribution is 9.10. The molecule has 126 valence electrons. The van der Waals surface area contributed by atoms with Crippen LogP contribution in [0.5, 0.6) is 0 Å². The zero-order chi connectivity index (χ0) is 17.6. The number of benzene rings is 2. The second-order valence-electron chi connectivity index (χ2n) is 5.01. The number of hydrogen-bond donors (Lipinski definition) is 0. The molecule has 2 aromatic carbocycles. The predicted molar refractivity (Wildman–Crippen MR) is 92.7 cm³/mol. The molecule has 0 aliphatic heterocycles. The Kier molecular flexibility index (Phi) is 5.35. The molecule has 0 amide bonds. The highest BCUT2D eigenvalue weighted by Gasteiger charge is 2.10. The maximum atomic E-state index is 12.8. The van der Waals surface area contributed by atoms with Crippen LogP contribution in [-0.2, 0) is 16.1 Å². The summed E-state index contributed by atoms with van der Waals surface area (Å²) in [6, 6.07) is 13.2. The molecule has 0 spiro atoms. The van der Waals surface area contributed by atoms with Crippen molar-refractivity contribution in [2.24, 2.45) is 0 Å². The third kappa shape index (κ3) is 4.84. The third-order valence-corrected chi connectivity index (χ3v) is 3.66. The van der Waals surface area contributed by atoms with Crippen molar-refractivity contribution in [3.05, 3.63) is 76.4 Å². The van der Waals surface area contributed by atoms with Crippen LogP contribution in [0.1, 0.15) is 11.5 Å². The smallest absolute Gasteiger partial charge is 0.331 e. The van der Waals surface area contributed by atoms with Crippen LogP contribution in [0, 0.1) is 5.82 Å². The van der Waals surface area contributed by atoms with Gasteiger partial charge in [0.15, 0.2) is 6.61 Å². The molecule has 25 heavy (non-hydrogen) atoms. The van der Waals surface area contributed by atoms with Gasteiger partial charge < -0.3 is 9.26 Å². The molecular weight excluding hydrogens is 391 g/mol. The molecule has 7 heteroatoms. The molecule has 5 nitrogen and oxygen atoms in total. The molecule has 1 heterocycles. The lowest BCUT2D eigenvalue weighted by atomic mass is 10.2. The number of esters is 1. The minimum absolute atomic E-state index is 0.131. The van der Waals surface area contributed by atoms with Crippen LogP contribution in [0.4, 0.5) is 4.39 Å². The van der Waals surface area contributed by atoms with Gasteiger partial charge in [-0.05, 0) is 35.9 Å². The first-order valence-corrected chi connectivity index (χ1v) is 8.08. The predicted octanol–water partition coefficient (Wildman–Crippen LogP) is 4.39. The molecule has 0 aliphatic carbocycles. The number of nitrogens with zero attached hydrogens (tertiary/aromatic N) is 2. The summed E-state index contributed by atoms with van der Waals surface area (Å²) in [5.74, 6) is -0.295. The normalized spacial score (nSPS) is 11.0. The number of halogens is 2. The number of rotatable bonds is 5. The first kappa shape index (κ1) is 17.0. The Labute approximate surface area is 151 Å². The van der Waals surface area contributed by atoms with Crippen molar-refractivity contribution in [2.75, 3.05) is 0 Å². The van der Waals surface area contributed by atoms with Gasteiger partial charge in [-0.3, -0.25) is 0 Å². The summed E-state index contributed by atoms with van der Waals surface area (Å²) in [6.07, 6.45) is 2.78. The Hall–Kier alpha value is -2.80. The summed E-state index contributed by atoms with van der Waals surface area (Å²) in [4.78, 5) is 15.9. The number of carbonyl (C=O) groups excluding carboxylic acids is 1. The van der Waals surface area contributed by atoms with Crippen LogP contribution in [0.2, 0.25) is 0 Å². The summed E-state index contributed by atoms with van der Waals surface area (Å²) >= 11 is 3.37. The fourth-order valence-electron chi connectivity index (χ4n) is 1.98. The molecule has 0 bridgehead atoms. The summed E-state index contributed by atoms with van der Waals surface area (Å²) in [5.41, 5.74) is 1.47. The topological polar surface area (TPSA) is 65.2 Å². The van der Waals surface area contributed by atoms with E-state index in [0.29, 0.717) is 11.4 Å². The van der Waals surface area contributed by atoms with E-state index < -0.39 is 5.97 Å². The average Bonchev–Trinajstić information content (AvgIpc) is 3.08. The van der Waals surface area contributed by atoms with Gasteiger partial charge in [0, 0.05) is 16.1 Å². The van der Waals surface area contributed by atoms with Gasteiger partial charge in [-0.15, -0.1) is 0 Å². The fraction of sp³-hybridized carbons (Fsp3) is 0.0556. The van der Waals surface area contributed by atoms with Crippen molar-refractivity contribution >= 4 is 28.0 Å². The highest BCUT2D eigenvalue weighted by atomic mass is 79.9. The van der Waals surface area contributed by atoms with Crippen molar-refractivity contribution in [1.82, 2.24) is 10.1 Å². The van der Waals surface area contributed by atoms with Crippen LogP contribution >= 0.6 is 15.9 Å². The molecule has 0 unspecified atom stereocenters. The van der Waals surface area contributed by atoms with Gasteiger partial charge in [0.25, 0.3) is 5.89 Å². The molecule has 0 aliphatic rings. The van der Waals surface area contributed by atoms with E-state index in [0.717, 1.165) is 10.0 Å². The van der Waals surface area contributed by atoms with Crippen LogP contribution in [-0.4, -0.2) is 16.1 Å². The van der Waals surface area contributed by atoms with Crippen molar-refractivity contribution in [1.29, 1.82) is 0 Å². The van der Waals surface area contributed by atoms with Crippen molar-refractivity contribution in [3.63, 3.8) is 0 Å². The van der Waals surface area contributed by atoms with Gasteiger partial charge >= 0.3 is 5.97 Å². The molecule has 0 radical (unpaired) electrons. The van der Waals surface area contributed by atoms with E-state index in [9.17, 15) is 9.18 Å². The first-order chi connectivity index (χ1) is 12.1. The Morgan fingerprint density at radius 2 is 2.04 bits per heavy atom. The quantitative estimate of drug-likeness (QED) is 0.467. The summed E-state index contributed by atoms with van der Waals surface area (Å²) in [7, 11) is 0. The van der Waals surface area contributed by atoms with Gasteiger partial charge in [-0.2, -0.15) is 4.98 Å². The molecule has 0 saturated heterocycles. The minimum Gasteiger partial charge on any atom is -0.452 e. The zero-order valence-electron chi connectivity index (χ0n) is 12.9. The molecule has 0 N–H and O–H groups in total. The third-order valence-electron chi connectivity index (χ3n) is 3.17. The van der Waals surface area contributed by atoms with Crippen molar-refractivity contribution in [2.45, 2.75) is 6.61 Å². The van der Waals surface area contributed by atoms with Crippen LogP contribution < -0.4 is 0 Å². The van der Waals surface area contributed by atoms with E-state index in [1.54, 1.807) is 12.1 Å². The Morgan fingerprint density at radius 3 is 2.80 bits per heavy atom. The molecule has 3 rings (SSSR count). The number of hydrogen-bond acceptors (Lipinski definition) is 5. The summed E-state index contributed by atoms with van der Waals surface area (Å²) in [5, 5.41) is 3.86. The second-order valence-corrected chi connectivity index (χ2v) is 5.93. The number of carbonyl (C=O) groups is 1.